The second kappa shape index (κ2) is 4.19. The van der Waals surface area contributed by atoms with Gasteiger partial charge >= 0.3 is 0 Å². The molecule has 0 fully saturated rings. The highest BCUT2D eigenvalue weighted by atomic mass is 79.9. The van der Waals surface area contributed by atoms with Crippen LogP contribution in [0.3, 0.4) is 0 Å². The molecule has 2 aromatic rings. The van der Waals surface area contributed by atoms with Crippen LogP contribution < -0.4 is 4.84 Å². The van der Waals surface area contributed by atoms with Gasteiger partial charge in [-0.05, 0) is 30.3 Å². The zero-order valence-corrected chi connectivity index (χ0v) is 10.3. The lowest BCUT2D eigenvalue weighted by atomic mass is 10.3. The Balaban J connectivity index is 2.25. The minimum atomic E-state index is 0.780. The molecule has 1 aromatic heterocycles. The van der Waals surface area contributed by atoms with Gasteiger partial charge in [-0.15, -0.1) is 0 Å². The van der Waals surface area contributed by atoms with Crippen LogP contribution in [0.2, 0.25) is 0 Å². The number of benzene rings is 1. The van der Waals surface area contributed by atoms with Crippen LogP contribution >= 0.6 is 31.9 Å². The highest BCUT2D eigenvalue weighted by molar-refractivity contribution is 9.11. The molecule has 4 heteroatoms. The van der Waals surface area contributed by atoms with Gasteiger partial charge in [-0.3, -0.25) is 0 Å². The SMILES string of the molecule is Brc1cc(Br)cc(On2cccc2)c1. The number of halogens is 2. The smallest absolute Gasteiger partial charge is 0.158 e. The lowest BCUT2D eigenvalue weighted by molar-refractivity contribution is 0.217. The first-order valence-electron chi connectivity index (χ1n) is 4.01. The first kappa shape index (κ1) is 9.80. The topological polar surface area (TPSA) is 14.2 Å². The molecular weight excluding hydrogens is 310 g/mol. The van der Waals surface area contributed by atoms with E-state index in [1.807, 2.05) is 42.7 Å². The van der Waals surface area contributed by atoms with Crippen molar-refractivity contribution < 1.29 is 4.84 Å². The first-order valence-corrected chi connectivity index (χ1v) is 5.60. The number of aromatic nitrogens is 1. The van der Waals surface area contributed by atoms with Gasteiger partial charge in [0, 0.05) is 21.3 Å². The Morgan fingerprint density at radius 3 is 2.07 bits per heavy atom. The number of nitrogens with zero attached hydrogens (tertiary/aromatic N) is 1. The molecule has 1 heterocycles. The molecule has 0 radical (unpaired) electrons. The molecule has 0 aliphatic heterocycles. The summed E-state index contributed by atoms with van der Waals surface area (Å²) in [5.74, 6) is 0.780. The van der Waals surface area contributed by atoms with Crippen LogP contribution in [-0.2, 0) is 0 Å². The maximum absolute atomic E-state index is 5.54. The predicted molar refractivity (Wildman–Crippen MR) is 62.3 cm³/mol. The van der Waals surface area contributed by atoms with Crippen LogP contribution in [0.1, 0.15) is 0 Å². The van der Waals surface area contributed by atoms with E-state index in [1.165, 1.54) is 0 Å². The Morgan fingerprint density at radius 2 is 1.50 bits per heavy atom. The molecule has 0 bridgehead atoms. The normalized spacial score (nSPS) is 10.1. The fourth-order valence-corrected chi connectivity index (χ4v) is 2.33. The summed E-state index contributed by atoms with van der Waals surface area (Å²) in [6, 6.07) is 9.60. The van der Waals surface area contributed by atoms with Crippen molar-refractivity contribution >= 4 is 31.9 Å². The summed E-state index contributed by atoms with van der Waals surface area (Å²) in [6.45, 7) is 0. The van der Waals surface area contributed by atoms with Crippen molar-refractivity contribution in [2.45, 2.75) is 0 Å². The van der Waals surface area contributed by atoms with E-state index in [4.69, 9.17) is 4.84 Å². The quantitative estimate of drug-likeness (QED) is 0.820. The van der Waals surface area contributed by atoms with Crippen molar-refractivity contribution in [3.05, 3.63) is 51.7 Å². The Bertz CT molecular complexity index is 405. The molecule has 0 unspecified atom stereocenters. The van der Waals surface area contributed by atoms with Crippen LogP contribution in [-0.4, -0.2) is 4.73 Å². The molecule has 0 saturated carbocycles. The third-order valence-corrected chi connectivity index (χ3v) is 2.54. The van der Waals surface area contributed by atoms with E-state index in [1.54, 1.807) is 4.73 Å². The molecule has 72 valence electrons. The molecule has 1 aromatic carbocycles. The molecule has 0 aliphatic carbocycles. The second-order valence-electron chi connectivity index (χ2n) is 2.74. The van der Waals surface area contributed by atoms with Gasteiger partial charge < -0.3 is 4.84 Å². The Morgan fingerprint density at radius 1 is 0.929 bits per heavy atom. The highest BCUT2D eigenvalue weighted by Crippen LogP contribution is 2.25. The summed E-state index contributed by atoms with van der Waals surface area (Å²) >= 11 is 6.80. The van der Waals surface area contributed by atoms with Crippen LogP contribution in [0.4, 0.5) is 0 Å². The maximum atomic E-state index is 5.54. The van der Waals surface area contributed by atoms with Gasteiger partial charge in [0.05, 0.1) is 0 Å². The highest BCUT2D eigenvalue weighted by Gasteiger charge is 1.99. The number of hydrogen-bond acceptors (Lipinski definition) is 1. The van der Waals surface area contributed by atoms with E-state index in [0.717, 1.165) is 14.7 Å². The number of rotatable bonds is 2. The van der Waals surface area contributed by atoms with Gasteiger partial charge in [-0.25, -0.2) is 0 Å². The average Bonchev–Trinajstić information content (AvgIpc) is 2.54. The van der Waals surface area contributed by atoms with Crippen LogP contribution in [0.5, 0.6) is 5.75 Å². The van der Waals surface area contributed by atoms with E-state index in [9.17, 15) is 0 Å². The minimum absolute atomic E-state index is 0.780. The van der Waals surface area contributed by atoms with Crippen molar-refractivity contribution in [2.75, 3.05) is 0 Å². The monoisotopic (exact) mass is 315 g/mol. The number of hydrogen-bond donors (Lipinski definition) is 0. The molecule has 14 heavy (non-hydrogen) atoms. The molecule has 2 rings (SSSR count). The molecular formula is C10H7Br2NO. The Labute approximate surface area is 98.7 Å². The van der Waals surface area contributed by atoms with Crippen molar-refractivity contribution in [1.82, 2.24) is 4.73 Å². The summed E-state index contributed by atoms with van der Waals surface area (Å²) in [6.07, 6.45) is 3.68. The van der Waals surface area contributed by atoms with Gasteiger partial charge in [0.15, 0.2) is 5.75 Å². The van der Waals surface area contributed by atoms with Crippen LogP contribution in [0.15, 0.2) is 51.7 Å². The van der Waals surface area contributed by atoms with E-state index in [-0.39, 0.29) is 0 Å². The van der Waals surface area contributed by atoms with E-state index >= 15 is 0 Å². The van der Waals surface area contributed by atoms with Crippen LogP contribution in [0.25, 0.3) is 0 Å². The Hall–Kier alpha value is -0.740. The summed E-state index contributed by atoms with van der Waals surface area (Å²) in [5, 5.41) is 0. The van der Waals surface area contributed by atoms with Gasteiger partial charge in [-0.1, -0.05) is 31.9 Å². The van der Waals surface area contributed by atoms with E-state index in [0.29, 0.717) is 0 Å². The summed E-state index contributed by atoms with van der Waals surface area (Å²) in [4.78, 5) is 5.54. The average molecular weight is 317 g/mol. The standard InChI is InChI=1S/C10H7Br2NO/c11-8-5-9(12)7-10(6-8)14-13-3-1-2-4-13/h1-7H. The van der Waals surface area contributed by atoms with Crippen molar-refractivity contribution in [3.8, 4) is 5.75 Å². The fraction of sp³-hybridized carbons (Fsp3) is 0. The van der Waals surface area contributed by atoms with Gasteiger partial charge in [0.1, 0.15) is 0 Å². The zero-order valence-electron chi connectivity index (χ0n) is 7.15. The third kappa shape index (κ3) is 2.39. The fourth-order valence-electron chi connectivity index (χ4n) is 1.08. The van der Waals surface area contributed by atoms with Crippen molar-refractivity contribution in [3.63, 3.8) is 0 Å². The van der Waals surface area contributed by atoms with E-state index < -0.39 is 0 Å². The molecule has 0 aliphatic rings. The predicted octanol–water partition coefficient (Wildman–Crippen LogP) is 3.86. The largest absolute Gasteiger partial charge is 0.376 e. The molecule has 0 atom stereocenters. The summed E-state index contributed by atoms with van der Waals surface area (Å²) in [7, 11) is 0. The minimum Gasteiger partial charge on any atom is -0.376 e. The summed E-state index contributed by atoms with van der Waals surface area (Å²) < 4.78 is 3.61. The lowest BCUT2D eigenvalue weighted by Gasteiger charge is -2.06. The lowest BCUT2D eigenvalue weighted by Crippen LogP contribution is -2.00. The van der Waals surface area contributed by atoms with Crippen molar-refractivity contribution in [2.24, 2.45) is 0 Å². The zero-order chi connectivity index (χ0) is 9.97. The molecule has 2 nitrogen and oxygen atoms in total. The van der Waals surface area contributed by atoms with Crippen molar-refractivity contribution in [1.29, 1.82) is 0 Å². The molecule has 0 saturated heterocycles. The van der Waals surface area contributed by atoms with Gasteiger partial charge in [0.2, 0.25) is 0 Å². The second-order valence-corrected chi connectivity index (χ2v) is 4.57. The van der Waals surface area contributed by atoms with Gasteiger partial charge in [0.25, 0.3) is 0 Å². The first-order chi connectivity index (χ1) is 6.74. The molecule has 0 spiro atoms. The summed E-state index contributed by atoms with van der Waals surface area (Å²) in [5.41, 5.74) is 0. The Kier molecular flexibility index (Phi) is 2.93. The molecule has 0 N–H and O–H groups in total. The van der Waals surface area contributed by atoms with Crippen LogP contribution in [0, 0.1) is 0 Å². The third-order valence-electron chi connectivity index (χ3n) is 1.62. The molecule has 0 amide bonds. The van der Waals surface area contributed by atoms with Gasteiger partial charge in [-0.2, -0.15) is 4.73 Å². The van der Waals surface area contributed by atoms with E-state index in [2.05, 4.69) is 31.9 Å². The maximum Gasteiger partial charge on any atom is 0.158 e.